The molecule has 0 bridgehead atoms. The van der Waals surface area contributed by atoms with Crippen LogP contribution in [-0.2, 0) is 4.74 Å². The SMILES string of the molecule is CCC(S)C1N(C(=O)c2cccc(C)c2C)CCNC1(N)CCOC.Cl.Cl. The van der Waals surface area contributed by atoms with Crippen LogP contribution in [0.25, 0.3) is 0 Å². The first-order valence-electron chi connectivity index (χ1n) is 8.93. The second kappa shape index (κ2) is 11.5. The molecule has 1 aliphatic rings. The van der Waals surface area contributed by atoms with Gasteiger partial charge in [-0.1, -0.05) is 19.1 Å². The third kappa shape index (κ3) is 5.75. The highest BCUT2D eigenvalue weighted by Gasteiger charge is 2.46. The normalized spacial score (nSPS) is 23.2. The number of nitrogens with one attached hydrogen (secondary N) is 1. The molecule has 1 aliphatic heterocycles. The zero-order chi connectivity index (χ0) is 18.6. The maximum atomic E-state index is 13.3. The number of amides is 1. The van der Waals surface area contributed by atoms with Crippen LogP contribution < -0.4 is 11.1 Å². The van der Waals surface area contributed by atoms with E-state index >= 15 is 0 Å². The van der Waals surface area contributed by atoms with Gasteiger partial charge in [0.05, 0.1) is 11.7 Å². The van der Waals surface area contributed by atoms with Crippen LogP contribution in [0.5, 0.6) is 0 Å². The van der Waals surface area contributed by atoms with Gasteiger partial charge >= 0.3 is 0 Å². The number of halogens is 2. The van der Waals surface area contributed by atoms with E-state index in [4.69, 9.17) is 23.1 Å². The van der Waals surface area contributed by atoms with Gasteiger partial charge in [0.15, 0.2) is 0 Å². The molecule has 8 heteroatoms. The van der Waals surface area contributed by atoms with Crippen molar-refractivity contribution in [3.8, 4) is 0 Å². The smallest absolute Gasteiger partial charge is 0.254 e. The van der Waals surface area contributed by atoms with Gasteiger partial charge in [0.1, 0.15) is 0 Å². The van der Waals surface area contributed by atoms with Crippen molar-refractivity contribution in [3.05, 3.63) is 34.9 Å². The first kappa shape index (κ1) is 26.5. The third-order valence-corrected chi connectivity index (χ3v) is 5.92. The molecule has 3 N–H and O–H groups in total. The number of aryl methyl sites for hydroxylation is 1. The molecule has 5 nitrogen and oxygen atoms in total. The number of methoxy groups -OCH3 is 1. The van der Waals surface area contributed by atoms with E-state index in [1.165, 1.54) is 0 Å². The molecule has 2 rings (SSSR count). The van der Waals surface area contributed by atoms with Crippen molar-refractivity contribution in [1.82, 2.24) is 10.2 Å². The van der Waals surface area contributed by atoms with Gasteiger partial charge < -0.3 is 15.4 Å². The lowest BCUT2D eigenvalue weighted by Crippen LogP contribution is -2.75. The van der Waals surface area contributed by atoms with E-state index in [-0.39, 0.29) is 42.0 Å². The van der Waals surface area contributed by atoms with Crippen molar-refractivity contribution >= 4 is 43.4 Å². The molecule has 3 atom stereocenters. The van der Waals surface area contributed by atoms with Crippen molar-refractivity contribution in [2.75, 3.05) is 26.8 Å². The molecule has 0 aliphatic carbocycles. The fourth-order valence-corrected chi connectivity index (χ4v) is 4.00. The lowest BCUT2D eigenvalue weighted by Gasteiger charge is -2.51. The fraction of sp³-hybridized carbons (Fsp3) is 0.632. The summed E-state index contributed by atoms with van der Waals surface area (Å²) < 4.78 is 5.24. The van der Waals surface area contributed by atoms with Crippen molar-refractivity contribution in [2.45, 2.75) is 50.6 Å². The Morgan fingerprint density at radius 3 is 2.70 bits per heavy atom. The fourth-order valence-electron chi connectivity index (χ4n) is 3.58. The van der Waals surface area contributed by atoms with Crippen molar-refractivity contribution in [2.24, 2.45) is 5.73 Å². The van der Waals surface area contributed by atoms with Crippen LogP contribution in [0.4, 0.5) is 0 Å². The lowest BCUT2D eigenvalue weighted by atomic mass is 9.88. The molecule has 1 aromatic carbocycles. The number of thiol groups is 1. The lowest BCUT2D eigenvalue weighted by molar-refractivity contribution is 0.0259. The van der Waals surface area contributed by atoms with Gasteiger partial charge in [0.2, 0.25) is 0 Å². The summed E-state index contributed by atoms with van der Waals surface area (Å²) in [5, 5.41) is 3.40. The highest BCUT2D eigenvalue weighted by atomic mass is 35.5. The van der Waals surface area contributed by atoms with E-state index in [2.05, 4.69) is 12.2 Å². The van der Waals surface area contributed by atoms with Crippen LogP contribution in [0.15, 0.2) is 18.2 Å². The molecule has 0 aromatic heterocycles. The molecule has 1 amide bonds. The second-order valence-electron chi connectivity index (χ2n) is 6.88. The number of rotatable bonds is 6. The molecule has 1 fully saturated rings. The van der Waals surface area contributed by atoms with Gasteiger partial charge in [-0.25, -0.2) is 0 Å². The topological polar surface area (TPSA) is 67.6 Å². The average Bonchev–Trinajstić information content (AvgIpc) is 2.61. The minimum atomic E-state index is -0.704. The Bertz CT molecular complexity index is 621. The van der Waals surface area contributed by atoms with Crippen LogP contribution in [0, 0.1) is 13.8 Å². The Morgan fingerprint density at radius 1 is 1.44 bits per heavy atom. The largest absolute Gasteiger partial charge is 0.385 e. The van der Waals surface area contributed by atoms with E-state index in [1.807, 2.05) is 36.9 Å². The molecule has 0 spiro atoms. The van der Waals surface area contributed by atoms with E-state index in [0.717, 1.165) is 23.1 Å². The summed E-state index contributed by atoms with van der Waals surface area (Å²) in [7, 11) is 1.66. The minimum absolute atomic E-state index is 0. The van der Waals surface area contributed by atoms with Gasteiger partial charge in [0.25, 0.3) is 5.91 Å². The molecule has 156 valence electrons. The molecule has 1 aromatic rings. The summed E-state index contributed by atoms with van der Waals surface area (Å²) in [6.07, 6.45) is 1.46. The summed E-state index contributed by atoms with van der Waals surface area (Å²) in [6, 6.07) is 5.67. The monoisotopic (exact) mass is 437 g/mol. The summed E-state index contributed by atoms with van der Waals surface area (Å²) in [4.78, 5) is 15.3. The number of benzene rings is 1. The number of carbonyl (C=O) groups excluding carboxylic acids is 1. The number of hydrogen-bond donors (Lipinski definition) is 3. The van der Waals surface area contributed by atoms with Crippen LogP contribution in [0.3, 0.4) is 0 Å². The molecule has 0 saturated carbocycles. The van der Waals surface area contributed by atoms with Gasteiger partial charge in [-0.3, -0.25) is 10.1 Å². The Hall–Kier alpha value is -0.500. The number of nitrogens with two attached hydrogens (primary N) is 1. The maximum absolute atomic E-state index is 13.3. The minimum Gasteiger partial charge on any atom is -0.385 e. The summed E-state index contributed by atoms with van der Waals surface area (Å²) in [6.45, 7) is 7.93. The Kier molecular flexibility index (Phi) is 11.3. The summed E-state index contributed by atoms with van der Waals surface area (Å²) in [5.74, 6) is 0.0347. The van der Waals surface area contributed by atoms with Crippen molar-refractivity contribution < 1.29 is 9.53 Å². The summed E-state index contributed by atoms with van der Waals surface area (Å²) >= 11 is 4.77. The standard InChI is InChI=1S/C19H31N3O2S.2ClH/c1-5-16(25)17-19(20,9-12-24-4)21-10-11-22(17)18(23)15-8-6-7-13(2)14(15)3;;/h6-8,16-17,21,25H,5,9-12,20H2,1-4H3;2*1H. The second-order valence-corrected chi connectivity index (χ2v) is 7.54. The van der Waals surface area contributed by atoms with Crippen LogP contribution in [0.1, 0.15) is 41.3 Å². The molecular weight excluding hydrogens is 405 g/mol. The van der Waals surface area contributed by atoms with E-state index in [0.29, 0.717) is 26.1 Å². The quantitative estimate of drug-likeness (QED) is 0.598. The molecular formula is C19H33Cl2N3O2S. The zero-order valence-corrected chi connectivity index (χ0v) is 19.1. The number of nitrogens with zero attached hydrogens (tertiary/aromatic N) is 1. The molecule has 3 unspecified atom stereocenters. The van der Waals surface area contributed by atoms with E-state index in [9.17, 15) is 4.79 Å². The predicted octanol–water partition coefficient (Wildman–Crippen LogP) is 2.96. The van der Waals surface area contributed by atoms with E-state index < -0.39 is 5.66 Å². The number of carbonyl (C=O) groups is 1. The molecule has 0 radical (unpaired) electrons. The zero-order valence-electron chi connectivity index (χ0n) is 16.5. The van der Waals surface area contributed by atoms with Crippen LogP contribution in [-0.4, -0.2) is 54.6 Å². The first-order chi connectivity index (χ1) is 11.9. The predicted molar refractivity (Wildman–Crippen MR) is 120 cm³/mol. The molecule has 27 heavy (non-hydrogen) atoms. The van der Waals surface area contributed by atoms with Gasteiger partial charge in [-0.15, -0.1) is 24.8 Å². The highest BCUT2D eigenvalue weighted by Crippen LogP contribution is 2.29. The summed E-state index contributed by atoms with van der Waals surface area (Å²) in [5.41, 5.74) is 8.89. The van der Waals surface area contributed by atoms with Gasteiger partial charge in [-0.2, -0.15) is 12.6 Å². The Balaban J connectivity index is 0.00000338. The van der Waals surface area contributed by atoms with Crippen molar-refractivity contribution in [3.63, 3.8) is 0 Å². The number of hydrogen-bond acceptors (Lipinski definition) is 5. The molecule has 1 heterocycles. The Morgan fingerprint density at radius 2 is 2.11 bits per heavy atom. The van der Waals surface area contributed by atoms with E-state index in [1.54, 1.807) is 7.11 Å². The number of ether oxygens (including phenoxy) is 1. The number of piperazine rings is 1. The van der Waals surface area contributed by atoms with Crippen LogP contribution in [0.2, 0.25) is 0 Å². The molecule has 1 saturated heterocycles. The van der Waals surface area contributed by atoms with Crippen LogP contribution >= 0.6 is 37.4 Å². The van der Waals surface area contributed by atoms with Gasteiger partial charge in [-0.05, 0) is 37.5 Å². The first-order valence-corrected chi connectivity index (χ1v) is 9.45. The van der Waals surface area contributed by atoms with Crippen molar-refractivity contribution in [1.29, 1.82) is 0 Å². The highest BCUT2D eigenvalue weighted by molar-refractivity contribution is 7.81. The van der Waals surface area contributed by atoms with Gasteiger partial charge in [0, 0.05) is 44.0 Å². The maximum Gasteiger partial charge on any atom is 0.254 e. The average molecular weight is 438 g/mol. The Labute approximate surface area is 181 Å². The third-order valence-electron chi connectivity index (χ3n) is 5.27.